The lowest BCUT2D eigenvalue weighted by atomic mass is 10.2. The highest BCUT2D eigenvalue weighted by molar-refractivity contribution is 7.13. The average molecular weight is 336 g/mol. The van der Waals surface area contributed by atoms with Crippen molar-refractivity contribution in [2.24, 2.45) is 0 Å². The Kier molecular flexibility index (Phi) is 5.07. The Hall–Kier alpha value is -1.44. The van der Waals surface area contributed by atoms with Gasteiger partial charge in [0, 0.05) is 42.6 Å². The van der Waals surface area contributed by atoms with Crippen molar-refractivity contribution in [3.05, 3.63) is 34.0 Å². The Morgan fingerprint density at radius 2 is 2.14 bits per heavy atom. The van der Waals surface area contributed by atoms with Gasteiger partial charge >= 0.3 is 0 Å². The van der Waals surface area contributed by atoms with E-state index in [1.54, 1.807) is 22.7 Å². The first kappa shape index (κ1) is 15.5. The Balaban J connectivity index is 1.43. The van der Waals surface area contributed by atoms with Crippen LogP contribution in [0.2, 0.25) is 0 Å². The molecule has 118 valence electrons. The number of thiazole rings is 1. The molecule has 0 bridgehead atoms. The summed E-state index contributed by atoms with van der Waals surface area (Å²) in [5.41, 5.74) is 0. The molecule has 3 heterocycles. The molecule has 1 unspecified atom stereocenters. The van der Waals surface area contributed by atoms with Gasteiger partial charge in [-0.3, -0.25) is 9.69 Å². The molecule has 1 saturated heterocycles. The molecule has 1 atom stereocenters. The van der Waals surface area contributed by atoms with Gasteiger partial charge in [-0.1, -0.05) is 6.07 Å². The van der Waals surface area contributed by atoms with E-state index >= 15 is 0 Å². The minimum absolute atomic E-state index is 0.0871. The third kappa shape index (κ3) is 3.85. The molecule has 7 heteroatoms. The van der Waals surface area contributed by atoms with Crippen LogP contribution in [-0.4, -0.2) is 48.5 Å². The van der Waals surface area contributed by atoms with E-state index in [9.17, 15) is 4.79 Å². The number of nitrogens with one attached hydrogen (secondary N) is 1. The summed E-state index contributed by atoms with van der Waals surface area (Å²) in [5.74, 6) is 0.101. The molecule has 3 rings (SSSR count). The zero-order valence-electron chi connectivity index (χ0n) is 12.6. The van der Waals surface area contributed by atoms with E-state index in [0.29, 0.717) is 6.54 Å². The van der Waals surface area contributed by atoms with Gasteiger partial charge in [-0.2, -0.15) is 0 Å². The predicted molar refractivity (Wildman–Crippen MR) is 91.6 cm³/mol. The Morgan fingerprint density at radius 3 is 2.77 bits per heavy atom. The third-order valence-electron chi connectivity index (χ3n) is 3.78. The number of hydrogen-bond donors (Lipinski definition) is 1. The first-order valence-electron chi connectivity index (χ1n) is 7.42. The summed E-state index contributed by atoms with van der Waals surface area (Å²) in [5, 5.41) is 8.19. The average Bonchev–Trinajstić information content (AvgIpc) is 3.21. The van der Waals surface area contributed by atoms with Crippen molar-refractivity contribution in [1.82, 2.24) is 15.2 Å². The summed E-state index contributed by atoms with van der Waals surface area (Å²) in [4.78, 5) is 22.2. The van der Waals surface area contributed by atoms with E-state index < -0.39 is 0 Å². The molecule has 1 aliphatic heterocycles. The smallest absolute Gasteiger partial charge is 0.234 e. The molecule has 2 aromatic rings. The molecule has 0 spiro atoms. The number of aromatic nitrogens is 1. The number of anilines is 1. The van der Waals surface area contributed by atoms with Crippen molar-refractivity contribution in [3.8, 4) is 0 Å². The SMILES string of the molecule is CC(NC(=O)CN1CCN(c2nccs2)CC1)c1cccs1. The largest absolute Gasteiger partial charge is 0.348 e. The highest BCUT2D eigenvalue weighted by atomic mass is 32.1. The summed E-state index contributed by atoms with van der Waals surface area (Å²) in [6.07, 6.45) is 1.84. The van der Waals surface area contributed by atoms with Gasteiger partial charge in [0.2, 0.25) is 5.91 Å². The molecule has 0 aliphatic carbocycles. The van der Waals surface area contributed by atoms with Crippen molar-refractivity contribution in [2.75, 3.05) is 37.6 Å². The number of piperazine rings is 1. The van der Waals surface area contributed by atoms with Crippen LogP contribution in [0.15, 0.2) is 29.1 Å². The lowest BCUT2D eigenvalue weighted by Crippen LogP contribution is -2.49. The van der Waals surface area contributed by atoms with Crippen LogP contribution in [0.25, 0.3) is 0 Å². The molecular formula is C15H20N4OS2. The van der Waals surface area contributed by atoms with Crippen LogP contribution in [0.4, 0.5) is 5.13 Å². The normalized spacial score (nSPS) is 17.4. The Labute approximate surface area is 138 Å². The molecule has 1 amide bonds. The maximum absolute atomic E-state index is 12.2. The van der Waals surface area contributed by atoms with Crippen LogP contribution >= 0.6 is 22.7 Å². The lowest BCUT2D eigenvalue weighted by molar-refractivity contribution is -0.122. The number of hydrogen-bond acceptors (Lipinski definition) is 6. The van der Waals surface area contributed by atoms with Gasteiger partial charge in [-0.05, 0) is 18.4 Å². The second-order valence-electron chi connectivity index (χ2n) is 5.38. The zero-order valence-corrected chi connectivity index (χ0v) is 14.2. The van der Waals surface area contributed by atoms with E-state index in [4.69, 9.17) is 0 Å². The lowest BCUT2D eigenvalue weighted by Gasteiger charge is -2.34. The second kappa shape index (κ2) is 7.21. The topological polar surface area (TPSA) is 48.5 Å². The van der Waals surface area contributed by atoms with Crippen LogP contribution < -0.4 is 10.2 Å². The first-order chi connectivity index (χ1) is 10.7. The fourth-order valence-electron chi connectivity index (χ4n) is 2.57. The molecule has 0 saturated carbocycles. The van der Waals surface area contributed by atoms with Crippen molar-refractivity contribution < 1.29 is 4.79 Å². The van der Waals surface area contributed by atoms with Crippen LogP contribution in [0.5, 0.6) is 0 Å². The van der Waals surface area contributed by atoms with Gasteiger partial charge < -0.3 is 10.2 Å². The Morgan fingerprint density at radius 1 is 1.32 bits per heavy atom. The molecule has 0 aromatic carbocycles. The molecule has 1 fully saturated rings. The summed E-state index contributed by atoms with van der Waals surface area (Å²) >= 11 is 3.35. The van der Waals surface area contributed by atoms with Crippen molar-refractivity contribution >= 4 is 33.7 Å². The highest BCUT2D eigenvalue weighted by Crippen LogP contribution is 2.19. The highest BCUT2D eigenvalue weighted by Gasteiger charge is 2.21. The molecule has 22 heavy (non-hydrogen) atoms. The van der Waals surface area contributed by atoms with Crippen LogP contribution in [-0.2, 0) is 4.79 Å². The summed E-state index contributed by atoms with van der Waals surface area (Å²) in [7, 11) is 0. The molecule has 2 aromatic heterocycles. The van der Waals surface area contributed by atoms with Gasteiger partial charge in [0.1, 0.15) is 0 Å². The van der Waals surface area contributed by atoms with Gasteiger partial charge in [0.25, 0.3) is 0 Å². The van der Waals surface area contributed by atoms with Gasteiger partial charge in [-0.15, -0.1) is 22.7 Å². The number of thiophene rings is 1. The van der Waals surface area contributed by atoms with E-state index in [1.807, 2.05) is 29.9 Å². The number of amides is 1. The number of nitrogens with zero attached hydrogens (tertiary/aromatic N) is 3. The fourth-order valence-corrected chi connectivity index (χ4v) is 4.00. The monoisotopic (exact) mass is 336 g/mol. The van der Waals surface area contributed by atoms with Gasteiger partial charge in [-0.25, -0.2) is 4.98 Å². The minimum Gasteiger partial charge on any atom is -0.348 e. The fraction of sp³-hybridized carbons (Fsp3) is 0.467. The predicted octanol–water partition coefficient (Wildman–Crippen LogP) is 2.20. The maximum Gasteiger partial charge on any atom is 0.234 e. The zero-order chi connectivity index (χ0) is 15.4. The number of rotatable bonds is 5. The molecule has 1 N–H and O–H groups in total. The first-order valence-corrected chi connectivity index (χ1v) is 9.18. The van der Waals surface area contributed by atoms with Crippen molar-refractivity contribution in [3.63, 3.8) is 0 Å². The van der Waals surface area contributed by atoms with E-state index in [2.05, 4.69) is 26.2 Å². The summed E-state index contributed by atoms with van der Waals surface area (Å²) in [6, 6.07) is 4.16. The van der Waals surface area contributed by atoms with Crippen LogP contribution in [0.1, 0.15) is 17.8 Å². The van der Waals surface area contributed by atoms with E-state index in [0.717, 1.165) is 31.3 Å². The minimum atomic E-state index is 0.0871. The molecule has 0 radical (unpaired) electrons. The summed E-state index contributed by atoms with van der Waals surface area (Å²) in [6.45, 7) is 6.18. The third-order valence-corrected chi connectivity index (χ3v) is 5.66. The standard InChI is InChI=1S/C15H20N4OS2/c1-12(13-3-2-9-21-13)17-14(20)11-18-5-7-19(8-6-18)15-16-4-10-22-15/h2-4,9-10,12H,5-8,11H2,1H3,(H,17,20). The van der Waals surface area contributed by atoms with Crippen molar-refractivity contribution in [2.45, 2.75) is 13.0 Å². The van der Waals surface area contributed by atoms with E-state index in [-0.39, 0.29) is 11.9 Å². The van der Waals surface area contributed by atoms with Crippen molar-refractivity contribution in [1.29, 1.82) is 0 Å². The molecule has 5 nitrogen and oxygen atoms in total. The Bertz CT molecular complexity index is 577. The summed E-state index contributed by atoms with van der Waals surface area (Å²) < 4.78 is 0. The molecule has 1 aliphatic rings. The number of carbonyl (C=O) groups is 1. The number of carbonyl (C=O) groups excluding carboxylic acids is 1. The van der Waals surface area contributed by atoms with E-state index in [1.165, 1.54) is 4.88 Å². The second-order valence-corrected chi connectivity index (χ2v) is 7.23. The van der Waals surface area contributed by atoms with Gasteiger partial charge in [0.05, 0.1) is 12.6 Å². The van der Waals surface area contributed by atoms with Crippen LogP contribution in [0.3, 0.4) is 0 Å². The molecular weight excluding hydrogens is 316 g/mol. The van der Waals surface area contributed by atoms with Crippen LogP contribution in [0, 0.1) is 0 Å². The maximum atomic E-state index is 12.2. The van der Waals surface area contributed by atoms with Gasteiger partial charge in [0.15, 0.2) is 5.13 Å². The quantitative estimate of drug-likeness (QED) is 0.909.